The van der Waals surface area contributed by atoms with Crippen LogP contribution in [0.4, 0.5) is 0 Å². The minimum atomic E-state index is -0.00935. The number of rotatable bonds is 2. The van der Waals surface area contributed by atoms with Gasteiger partial charge < -0.3 is 9.80 Å². The summed E-state index contributed by atoms with van der Waals surface area (Å²) in [5, 5.41) is 0. The van der Waals surface area contributed by atoms with Crippen LogP contribution in [-0.4, -0.2) is 68.4 Å². The van der Waals surface area contributed by atoms with Crippen molar-refractivity contribution >= 4 is 5.91 Å². The fourth-order valence-corrected chi connectivity index (χ4v) is 2.23. The first-order valence-electron chi connectivity index (χ1n) is 7.49. The third-order valence-electron chi connectivity index (χ3n) is 3.84. The van der Waals surface area contributed by atoms with E-state index in [-0.39, 0.29) is 11.9 Å². The molecule has 0 N–H and O–H groups in total. The molecule has 1 aliphatic heterocycles. The third kappa shape index (κ3) is 5.14. The van der Waals surface area contributed by atoms with Crippen molar-refractivity contribution in [3.63, 3.8) is 0 Å². The van der Waals surface area contributed by atoms with Crippen LogP contribution >= 0.6 is 0 Å². The summed E-state index contributed by atoms with van der Waals surface area (Å²) in [5.74, 6) is 0.192. The van der Waals surface area contributed by atoms with E-state index in [9.17, 15) is 4.79 Å². The molecule has 0 saturated heterocycles. The van der Waals surface area contributed by atoms with Gasteiger partial charge in [-0.1, -0.05) is 31.2 Å². The monoisotopic (exact) mass is 291 g/mol. The maximum absolute atomic E-state index is 12.0. The number of hydrogen-bond donors (Lipinski definition) is 0. The molecule has 4 heteroatoms. The Morgan fingerprint density at radius 1 is 1.19 bits per heavy atom. The molecule has 1 aromatic rings. The van der Waals surface area contributed by atoms with Crippen LogP contribution < -0.4 is 0 Å². The summed E-state index contributed by atoms with van der Waals surface area (Å²) in [6.45, 7) is 4.13. The van der Waals surface area contributed by atoms with E-state index < -0.39 is 0 Å². The standard InChI is InChI=1S/C13H18N2O.C4H11N/c1-14(2)13(16)12-8-10-6-4-5-7-11(10)9-15(12)3;1-4-5(2)3/h4-7,12H,8-9H2,1-3H3;4H2,1-3H3. The topological polar surface area (TPSA) is 26.8 Å². The molecule has 0 radical (unpaired) electrons. The van der Waals surface area contributed by atoms with Gasteiger partial charge in [-0.2, -0.15) is 0 Å². The van der Waals surface area contributed by atoms with Gasteiger partial charge in [0.2, 0.25) is 5.91 Å². The molecular weight excluding hydrogens is 262 g/mol. The van der Waals surface area contributed by atoms with Crippen LogP contribution in [0.5, 0.6) is 0 Å². The van der Waals surface area contributed by atoms with Crippen LogP contribution in [0.2, 0.25) is 0 Å². The van der Waals surface area contributed by atoms with Crippen molar-refractivity contribution < 1.29 is 4.79 Å². The third-order valence-corrected chi connectivity index (χ3v) is 3.84. The highest BCUT2D eigenvalue weighted by Gasteiger charge is 2.29. The maximum Gasteiger partial charge on any atom is 0.239 e. The minimum absolute atomic E-state index is 0.00935. The largest absolute Gasteiger partial charge is 0.347 e. The lowest BCUT2D eigenvalue weighted by molar-refractivity contribution is -0.134. The number of likely N-dealkylation sites (N-methyl/N-ethyl adjacent to an activating group) is 2. The summed E-state index contributed by atoms with van der Waals surface area (Å²) in [6.07, 6.45) is 0.823. The van der Waals surface area contributed by atoms with Crippen molar-refractivity contribution in [3.8, 4) is 0 Å². The van der Waals surface area contributed by atoms with E-state index in [1.807, 2.05) is 27.2 Å². The molecule has 1 aromatic carbocycles. The first-order valence-corrected chi connectivity index (χ1v) is 7.49. The van der Waals surface area contributed by atoms with Crippen molar-refractivity contribution in [3.05, 3.63) is 35.4 Å². The molecule has 1 unspecified atom stereocenters. The first kappa shape index (κ1) is 17.7. The van der Waals surface area contributed by atoms with Crippen molar-refractivity contribution in [1.82, 2.24) is 14.7 Å². The van der Waals surface area contributed by atoms with Gasteiger partial charge in [0, 0.05) is 20.6 Å². The molecule has 0 saturated carbocycles. The zero-order valence-electron chi connectivity index (χ0n) is 14.3. The second-order valence-corrected chi connectivity index (χ2v) is 6.03. The number of carbonyl (C=O) groups is 1. The average Bonchev–Trinajstić information content (AvgIpc) is 2.46. The van der Waals surface area contributed by atoms with Gasteiger partial charge in [-0.25, -0.2) is 0 Å². The highest BCUT2D eigenvalue weighted by Crippen LogP contribution is 2.22. The Balaban J connectivity index is 0.000000383. The van der Waals surface area contributed by atoms with Gasteiger partial charge in [-0.15, -0.1) is 0 Å². The number of fused-ring (bicyclic) bond motifs is 1. The van der Waals surface area contributed by atoms with E-state index in [1.54, 1.807) is 4.90 Å². The fourth-order valence-electron chi connectivity index (χ4n) is 2.23. The molecule has 21 heavy (non-hydrogen) atoms. The zero-order chi connectivity index (χ0) is 16.0. The molecule has 1 heterocycles. The minimum Gasteiger partial charge on any atom is -0.347 e. The van der Waals surface area contributed by atoms with E-state index in [1.165, 1.54) is 11.1 Å². The van der Waals surface area contributed by atoms with Crippen molar-refractivity contribution in [2.45, 2.75) is 25.9 Å². The van der Waals surface area contributed by atoms with Gasteiger partial charge in [0.1, 0.15) is 0 Å². The highest BCUT2D eigenvalue weighted by molar-refractivity contribution is 5.82. The molecule has 0 aliphatic carbocycles. The average molecular weight is 291 g/mol. The molecular formula is C17H29N3O. The second kappa shape index (κ2) is 8.15. The molecule has 118 valence electrons. The summed E-state index contributed by atoms with van der Waals surface area (Å²) in [7, 11) is 9.76. The fraction of sp³-hybridized carbons (Fsp3) is 0.588. The number of benzene rings is 1. The summed E-state index contributed by atoms with van der Waals surface area (Å²) in [6, 6.07) is 8.35. The molecule has 1 amide bonds. The Hall–Kier alpha value is -1.39. The van der Waals surface area contributed by atoms with Crippen LogP contribution in [-0.2, 0) is 17.8 Å². The van der Waals surface area contributed by atoms with Gasteiger partial charge in [0.05, 0.1) is 6.04 Å². The maximum atomic E-state index is 12.0. The Labute approximate surface area is 129 Å². The van der Waals surface area contributed by atoms with Crippen molar-refractivity contribution in [2.75, 3.05) is 41.8 Å². The second-order valence-electron chi connectivity index (χ2n) is 6.03. The lowest BCUT2D eigenvalue weighted by atomic mass is 9.94. The Bertz CT molecular complexity index is 457. The lowest BCUT2D eigenvalue weighted by Gasteiger charge is -2.34. The molecule has 2 rings (SSSR count). The van der Waals surface area contributed by atoms with Crippen molar-refractivity contribution in [2.24, 2.45) is 0 Å². The van der Waals surface area contributed by atoms with Gasteiger partial charge >= 0.3 is 0 Å². The van der Waals surface area contributed by atoms with Crippen LogP contribution in [0.25, 0.3) is 0 Å². The zero-order valence-corrected chi connectivity index (χ0v) is 14.3. The molecule has 0 aromatic heterocycles. The Kier molecular flexibility index (Phi) is 6.85. The number of amides is 1. The van der Waals surface area contributed by atoms with E-state index in [2.05, 4.69) is 49.0 Å². The highest BCUT2D eigenvalue weighted by atomic mass is 16.2. The van der Waals surface area contributed by atoms with E-state index in [4.69, 9.17) is 0 Å². The van der Waals surface area contributed by atoms with E-state index in [0.29, 0.717) is 0 Å². The predicted molar refractivity (Wildman–Crippen MR) is 88.3 cm³/mol. The van der Waals surface area contributed by atoms with Gasteiger partial charge in [0.15, 0.2) is 0 Å². The van der Waals surface area contributed by atoms with Crippen molar-refractivity contribution in [1.29, 1.82) is 0 Å². The Morgan fingerprint density at radius 3 is 2.19 bits per heavy atom. The van der Waals surface area contributed by atoms with E-state index in [0.717, 1.165) is 19.5 Å². The molecule has 0 spiro atoms. The number of hydrogen-bond acceptors (Lipinski definition) is 3. The molecule has 0 bridgehead atoms. The van der Waals surface area contributed by atoms with Gasteiger partial charge in [-0.3, -0.25) is 9.69 Å². The summed E-state index contributed by atoms with van der Waals surface area (Å²) in [4.78, 5) is 17.9. The van der Waals surface area contributed by atoms with Gasteiger partial charge in [0.25, 0.3) is 0 Å². The van der Waals surface area contributed by atoms with Crippen LogP contribution in [0.3, 0.4) is 0 Å². The lowest BCUT2D eigenvalue weighted by Crippen LogP contribution is -2.48. The SMILES string of the molecule is CCN(C)C.CN(C)C(=O)C1Cc2ccccc2CN1C. The van der Waals surface area contributed by atoms with Crippen LogP contribution in [0.15, 0.2) is 24.3 Å². The van der Waals surface area contributed by atoms with Gasteiger partial charge in [-0.05, 0) is 45.2 Å². The number of carbonyl (C=O) groups excluding carboxylic acids is 1. The smallest absolute Gasteiger partial charge is 0.239 e. The normalized spacial score (nSPS) is 17.8. The summed E-state index contributed by atoms with van der Waals surface area (Å²) in [5.41, 5.74) is 2.65. The van der Waals surface area contributed by atoms with Crippen LogP contribution in [0.1, 0.15) is 18.1 Å². The quantitative estimate of drug-likeness (QED) is 0.830. The molecule has 1 atom stereocenters. The Morgan fingerprint density at radius 2 is 1.71 bits per heavy atom. The number of nitrogens with zero attached hydrogens (tertiary/aromatic N) is 3. The summed E-state index contributed by atoms with van der Waals surface area (Å²) < 4.78 is 0. The van der Waals surface area contributed by atoms with E-state index >= 15 is 0 Å². The first-order chi connectivity index (χ1) is 9.86. The summed E-state index contributed by atoms with van der Waals surface area (Å²) >= 11 is 0. The predicted octanol–water partition coefficient (Wildman–Crippen LogP) is 1.70. The molecule has 4 nitrogen and oxygen atoms in total. The van der Waals surface area contributed by atoms with Crippen LogP contribution in [0, 0.1) is 0 Å². The molecule has 0 fully saturated rings. The molecule has 1 aliphatic rings.